The van der Waals surface area contributed by atoms with Gasteiger partial charge in [0.15, 0.2) is 0 Å². The van der Waals surface area contributed by atoms with Crippen LogP contribution in [0.1, 0.15) is 57.6 Å². The summed E-state index contributed by atoms with van der Waals surface area (Å²) < 4.78 is 11.2. The third-order valence-corrected chi connectivity index (χ3v) is 6.60. The van der Waals surface area contributed by atoms with Crippen molar-refractivity contribution < 1.29 is 14.3 Å². The molecule has 2 aliphatic carbocycles. The molecular weight excluding hydrogens is 314 g/mol. The Hall–Kier alpha value is -1.55. The minimum absolute atomic E-state index is 0.0319. The summed E-state index contributed by atoms with van der Waals surface area (Å²) in [5.74, 6) is 1.37. The van der Waals surface area contributed by atoms with Crippen LogP contribution in [0.4, 0.5) is 5.69 Å². The first-order valence-corrected chi connectivity index (χ1v) is 9.32. The Morgan fingerprint density at radius 3 is 2.68 bits per heavy atom. The zero-order valence-electron chi connectivity index (χ0n) is 16.2. The molecule has 1 saturated carbocycles. The number of benzene rings is 1. The molecule has 0 bridgehead atoms. The van der Waals surface area contributed by atoms with Gasteiger partial charge in [0.25, 0.3) is 0 Å². The maximum absolute atomic E-state index is 11.7. The molecule has 138 valence electrons. The molecular formula is C21H31NO3. The molecule has 1 aromatic carbocycles. The van der Waals surface area contributed by atoms with Crippen molar-refractivity contribution in [2.24, 2.45) is 11.3 Å². The monoisotopic (exact) mass is 345 g/mol. The molecule has 0 radical (unpaired) electrons. The first kappa shape index (κ1) is 18.2. The number of ether oxygens (including phenoxy) is 2. The van der Waals surface area contributed by atoms with E-state index in [0.29, 0.717) is 5.92 Å². The summed E-state index contributed by atoms with van der Waals surface area (Å²) >= 11 is 0. The molecule has 3 atom stereocenters. The first-order valence-electron chi connectivity index (χ1n) is 9.32. The van der Waals surface area contributed by atoms with E-state index in [4.69, 9.17) is 9.47 Å². The number of anilines is 1. The minimum Gasteiger partial charge on any atom is -0.497 e. The lowest BCUT2D eigenvalue weighted by Crippen LogP contribution is -2.50. The molecule has 1 N–H and O–H groups in total. The molecule has 25 heavy (non-hydrogen) atoms. The van der Waals surface area contributed by atoms with Gasteiger partial charge in [0.05, 0.1) is 13.7 Å². The standard InChI is InChI=1S/C21H31NO3/c1-14(23)22-18-12-15(25-5)11-17-16(18)7-8-19-20(2,13-24-4)9-6-10-21(17,19)3/h11-12,19H,6-10,13H2,1-5H3,(H,22,23)/t19-,20+,21+/m0/s1. The zero-order chi connectivity index (χ0) is 18.2. The molecule has 1 fully saturated rings. The maximum Gasteiger partial charge on any atom is 0.221 e. The van der Waals surface area contributed by atoms with E-state index < -0.39 is 0 Å². The summed E-state index contributed by atoms with van der Waals surface area (Å²) in [7, 11) is 3.50. The minimum atomic E-state index is -0.0319. The molecule has 1 aromatic rings. The Morgan fingerprint density at radius 1 is 1.28 bits per heavy atom. The van der Waals surface area contributed by atoms with Crippen molar-refractivity contribution in [3.8, 4) is 5.75 Å². The van der Waals surface area contributed by atoms with E-state index >= 15 is 0 Å². The van der Waals surface area contributed by atoms with Gasteiger partial charge in [-0.1, -0.05) is 20.3 Å². The van der Waals surface area contributed by atoms with E-state index in [0.717, 1.165) is 30.9 Å². The van der Waals surface area contributed by atoms with Crippen molar-refractivity contribution in [3.05, 3.63) is 23.3 Å². The second-order valence-electron chi connectivity index (χ2n) is 8.33. The summed E-state index contributed by atoms with van der Waals surface area (Å²) in [6.07, 6.45) is 5.74. The van der Waals surface area contributed by atoms with Crippen molar-refractivity contribution in [3.63, 3.8) is 0 Å². The van der Waals surface area contributed by atoms with Crippen molar-refractivity contribution in [1.29, 1.82) is 0 Å². The van der Waals surface area contributed by atoms with E-state index in [1.807, 2.05) is 13.2 Å². The van der Waals surface area contributed by atoms with E-state index in [-0.39, 0.29) is 16.7 Å². The van der Waals surface area contributed by atoms with Crippen LogP contribution in [0, 0.1) is 11.3 Å². The average molecular weight is 345 g/mol. The quantitative estimate of drug-likeness (QED) is 0.884. The number of nitrogens with one attached hydrogen (secondary N) is 1. The first-order chi connectivity index (χ1) is 11.8. The molecule has 1 amide bonds. The highest BCUT2D eigenvalue weighted by Crippen LogP contribution is 2.58. The van der Waals surface area contributed by atoms with E-state index in [2.05, 4.69) is 25.2 Å². The Labute approximate surface area is 151 Å². The van der Waals surface area contributed by atoms with Crippen LogP contribution in [0.5, 0.6) is 5.75 Å². The molecule has 0 spiro atoms. The Bertz CT molecular complexity index is 667. The summed E-state index contributed by atoms with van der Waals surface area (Å²) in [6.45, 7) is 7.17. The number of carbonyl (C=O) groups is 1. The third kappa shape index (κ3) is 3.05. The van der Waals surface area contributed by atoms with Crippen LogP contribution in [0.15, 0.2) is 12.1 Å². The van der Waals surface area contributed by atoms with Crippen LogP contribution >= 0.6 is 0 Å². The second-order valence-corrected chi connectivity index (χ2v) is 8.33. The van der Waals surface area contributed by atoms with Crippen molar-refractivity contribution in [1.82, 2.24) is 0 Å². The highest BCUT2D eigenvalue weighted by Gasteiger charge is 2.52. The molecule has 3 rings (SSSR count). The normalized spacial score (nSPS) is 31.0. The predicted octanol–water partition coefficient (Wildman–Crippen LogP) is 4.31. The topological polar surface area (TPSA) is 47.6 Å². The highest BCUT2D eigenvalue weighted by atomic mass is 16.5. The van der Waals surface area contributed by atoms with Gasteiger partial charge in [-0.25, -0.2) is 0 Å². The highest BCUT2D eigenvalue weighted by molar-refractivity contribution is 5.90. The number of hydrogen-bond acceptors (Lipinski definition) is 3. The van der Waals surface area contributed by atoms with Crippen molar-refractivity contribution in [2.75, 3.05) is 26.1 Å². The average Bonchev–Trinajstić information content (AvgIpc) is 2.54. The van der Waals surface area contributed by atoms with Gasteiger partial charge in [-0.2, -0.15) is 0 Å². The van der Waals surface area contributed by atoms with Crippen LogP contribution in [-0.4, -0.2) is 26.7 Å². The molecule has 0 saturated heterocycles. The van der Waals surface area contributed by atoms with E-state index in [1.165, 1.54) is 30.4 Å². The number of amides is 1. The van der Waals surface area contributed by atoms with Gasteiger partial charge in [-0.15, -0.1) is 0 Å². The van der Waals surface area contributed by atoms with Gasteiger partial charge in [0.1, 0.15) is 5.75 Å². The third-order valence-electron chi connectivity index (χ3n) is 6.60. The molecule has 0 unspecified atom stereocenters. The zero-order valence-corrected chi connectivity index (χ0v) is 16.2. The lowest BCUT2D eigenvalue weighted by molar-refractivity contribution is -0.114. The smallest absolute Gasteiger partial charge is 0.221 e. The maximum atomic E-state index is 11.7. The lowest BCUT2D eigenvalue weighted by atomic mass is 9.50. The molecule has 0 heterocycles. The number of rotatable bonds is 4. The molecule has 0 aliphatic heterocycles. The van der Waals surface area contributed by atoms with Crippen molar-refractivity contribution in [2.45, 2.75) is 58.3 Å². The number of hydrogen-bond donors (Lipinski definition) is 1. The molecule has 2 aliphatic rings. The molecule has 4 nitrogen and oxygen atoms in total. The fraction of sp³-hybridized carbons (Fsp3) is 0.667. The Kier molecular flexibility index (Phi) is 4.84. The van der Waals surface area contributed by atoms with Gasteiger partial charge < -0.3 is 14.8 Å². The van der Waals surface area contributed by atoms with Crippen LogP contribution < -0.4 is 10.1 Å². The largest absolute Gasteiger partial charge is 0.497 e. The summed E-state index contributed by atoms with van der Waals surface area (Å²) in [4.78, 5) is 11.7. The predicted molar refractivity (Wildman–Crippen MR) is 100 cm³/mol. The van der Waals surface area contributed by atoms with Crippen LogP contribution in [0.25, 0.3) is 0 Å². The van der Waals surface area contributed by atoms with Gasteiger partial charge in [0.2, 0.25) is 5.91 Å². The van der Waals surface area contributed by atoms with Gasteiger partial charge in [-0.05, 0) is 59.6 Å². The summed E-state index contributed by atoms with van der Waals surface area (Å²) in [5, 5.41) is 3.02. The van der Waals surface area contributed by atoms with Crippen LogP contribution in [0.2, 0.25) is 0 Å². The fourth-order valence-corrected chi connectivity index (χ4v) is 5.60. The number of fused-ring (bicyclic) bond motifs is 3. The summed E-state index contributed by atoms with van der Waals surface area (Å²) in [6, 6.07) is 4.16. The second kappa shape index (κ2) is 6.64. The fourth-order valence-electron chi connectivity index (χ4n) is 5.60. The van der Waals surface area contributed by atoms with Gasteiger partial charge in [-0.3, -0.25) is 4.79 Å². The Morgan fingerprint density at radius 2 is 2.04 bits per heavy atom. The van der Waals surface area contributed by atoms with Crippen LogP contribution in [0.3, 0.4) is 0 Å². The van der Waals surface area contributed by atoms with Gasteiger partial charge >= 0.3 is 0 Å². The van der Waals surface area contributed by atoms with Crippen LogP contribution in [-0.2, 0) is 21.4 Å². The Balaban J connectivity index is 2.11. The number of carbonyl (C=O) groups excluding carboxylic acids is 1. The summed E-state index contributed by atoms with van der Waals surface area (Å²) in [5.41, 5.74) is 3.86. The molecule has 0 aromatic heterocycles. The van der Waals surface area contributed by atoms with E-state index in [1.54, 1.807) is 14.0 Å². The lowest BCUT2D eigenvalue weighted by Gasteiger charge is -2.55. The number of methoxy groups -OCH3 is 2. The van der Waals surface area contributed by atoms with E-state index in [9.17, 15) is 4.79 Å². The van der Waals surface area contributed by atoms with Crippen molar-refractivity contribution >= 4 is 11.6 Å². The SMILES string of the molecule is COC[C@@]1(C)CCC[C@]2(C)c3cc(OC)cc(NC(C)=O)c3CC[C@@H]12. The molecule has 4 heteroatoms. The van der Waals surface area contributed by atoms with Gasteiger partial charge in [0, 0.05) is 25.8 Å².